The zero-order chi connectivity index (χ0) is 15.1. The number of morpholine rings is 1. The monoisotopic (exact) mass is 292 g/mol. The highest BCUT2D eigenvalue weighted by molar-refractivity contribution is 5.52. The van der Waals surface area contributed by atoms with E-state index >= 15 is 0 Å². The van der Waals surface area contributed by atoms with Crippen LogP contribution in [0.3, 0.4) is 0 Å². The third kappa shape index (κ3) is 4.61. The molecule has 4 heteroatoms. The van der Waals surface area contributed by atoms with Gasteiger partial charge in [0.15, 0.2) is 0 Å². The molecule has 1 heterocycles. The van der Waals surface area contributed by atoms with Crippen LogP contribution in [-0.4, -0.2) is 57.9 Å². The van der Waals surface area contributed by atoms with Crippen molar-refractivity contribution in [3.8, 4) is 5.75 Å². The summed E-state index contributed by atoms with van der Waals surface area (Å²) in [6.07, 6.45) is 1.19. The van der Waals surface area contributed by atoms with Crippen LogP contribution in [0.15, 0.2) is 18.2 Å². The first-order valence-corrected chi connectivity index (χ1v) is 7.94. The highest BCUT2D eigenvalue weighted by Crippen LogP contribution is 2.24. The molecule has 1 aliphatic rings. The van der Waals surface area contributed by atoms with E-state index in [0.717, 1.165) is 51.7 Å². The quantitative estimate of drug-likeness (QED) is 0.771. The van der Waals surface area contributed by atoms with Crippen LogP contribution in [0.4, 0.5) is 5.69 Å². The Morgan fingerprint density at radius 1 is 1.29 bits per heavy atom. The molecule has 1 saturated heterocycles. The molecule has 0 unspecified atom stereocenters. The third-order valence-electron chi connectivity index (χ3n) is 4.13. The summed E-state index contributed by atoms with van der Waals surface area (Å²) in [6.45, 7) is 11.5. The molecular weight excluding hydrogens is 264 g/mol. The van der Waals surface area contributed by atoms with E-state index in [-0.39, 0.29) is 0 Å². The fourth-order valence-electron chi connectivity index (χ4n) is 2.84. The van der Waals surface area contributed by atoms with E-state index in [1.54, 1.807) is 7.11 Å². The lowest BCUT2D eigenvalue weighted by molar-refractivity contribution is 0.0376. The van der Waals surface area contributed by atoms with Crippen LogP contribution in [0.25, 0.3) is 0 Å². The minimum absolute atomic E-state index is 0.884. The largest absolute Gasteiger partial charge is 0.496 e. The van der Waals surface area contributed by atoms with Gasteiger partial charge >= 0.3 is 0 Å². The SMILES string of the molecule is CCN(CCCN1CCOCC1)c1ccc(OC)c(C)c1. The lowest BCUT2D eigenvalue weighted by atomic mass is 10.1. The molecule has 0 atom stereocenters. The second-order valence-corrected chi connectivity index (χ2v) is 5.54. The Labute approximate surface area is 128 Å². The fourth-order valence-corrected chi connectivity index (χ4v) is 2.84. The van der Waals surface area contributed by atoms with Crippen LogP contribution in [0.5, 0.6) is 5.75 Å². The van der Waals surface area contributed by atoms with Crippen LogP contribution >= 0.6 is 0 Å². The van der Waals surface area contributed by atoms with E-state index in [9.17, 15) is 0 Å². The Morgan fingerprint density at radius 3 is 2.67 bits per heavy atom. The molecule has 0 spiro atoms. The van der Waals surface area contributed by atoms with Gasteiger partial charge in [0.2, 0.25) is 0 Å². The first kappa shape index (κ1) is 16.1. The lowest BCUT2D eigenvalue weighted by Crippen LogP contribution is -2.38. The maximum absolute atomic E-state index is 5.39. The summed E-state index contributed by atoms with van der Waals surface area (Å²) >= 11 is 0. The van der Waals surface area contributed by atoms with Crippen LogP contribution in [0.2, 0.25) is 0 Å². The van der Waals surface area contributed by atoms with E-state index in [2.05, 4.69) is 41.8 Å². The lowest BCUT2D eigenvalue weighted by Gasteiger charge is -2.29. The van der Waals surface area contributed by atoms with Crippen LogP contribution in [0.1, 0.15) is 18.9 Å². The molecule has 2 rings (SSSR count). The molecule has 0 bridgehead atoms. The number of ether oxygens (including phenoxy) is 2. The fraction of sp³-hybridized carbons (Fsp3) is 0.647. The molecule has 0 saturated carbocycles. The van der Waals surface area contributed by atoms with Crippen molar-refractivity contribution in [1.82, 2.24) is 4.90 Å². The summed E-state index contributed by atoms with van der Waals surface area (Å²) in [6, 6.07) is 6.44. The Balaban J connectivity index is 1.85. The van der Waals surface area contributed by atoms with Gasteiger partial charge in [-0.2, -0.15) is 0 Å². The number of anilines is 1. The maximum atomic E-state index is 5.39. The predicted molar refractivity (Wildman–Crippen MR) is 87.5 cm³/mol. The average Bonchev–Trinajstić information content (AvgIpc) is 2.52. The molecule has 0 N–H and O–H groups in total. The summed E-state index contributed by atoms with van der Waals surface area (Å²) in [5, 5.41) is 0. The van der Waals surface area contributed by atoms with Gasteiger partial charge < -0.3 is 14.4 Å². The van der Waals surface area contributed by atoms with Gasteiger partial charge in [0, 0.05) is 38.4 Å². The molecule has 21 heavy (non-hydrogen) atoms. The number of hydrogen-bond donors (Lipinski definition) is 0. The Hall–Kier alpha value is -1.26. The Bertz CT molecular complexity index is 431. The van der Waals surface area contributed by atoms with Gasteiger partial charge in [-0.1, -0.05) is 0 Å². The summed E-state index contributed by atoms with van der Waals surface area (Å²) in [7, 11) is 1.72. The van der Waals surface area contributed by atoms with Crippen LogP contribution < -0.4 is 9.64 Å². The average molecular weight is 292 g/mol. The zero-order valence-electron chi connectivity index (χ0n) is 13.6. The van der Waals surface area contributed by atoms with Gasteiger partial charge in [-0.3, -0.25) is 4.90 Å². The van der Waals surface area contributed by atoms with Gasteiger partial charge in [-0.15, -0.1) is 0 Å². The summed E-state index contributed by atoms with van der Waals surface area (Å²) in [5.74, 6) is 0.961. The zero-order valence-corrected chi connectivity index (χ0v) is 13.6. The smallest absolute Gasteiger partial charge is 0.121 e. The van der Waals surface area contributed by atoms with E-state index in [4.69, 9.17) is 9.47 Å². The Morgan fingerprint density at radius 2 is 2.05 bits per heavy atom. The van der Waals surface area contributed by atoms with E-state index < -0.39 is 0 Å². The normalized spacial score (nSPS) is 16.0. The molecule has 0 aromatic heterocycles. The molecule has 0 aliphatic carbocycles. The first-order chi connectivity index (χ1) is 10.2. The molecule has 1 fully saturated rings. The minimum atomic E-state index is 0.884. The van der Waals surface area contributed by atoms with Crippen LogP contribution in [0, 0.1) is 6.92 Å². The number of benzene rings is 1. The number of rotatable bonds is 7. The van der Waals surface area contributed by atoms with E-state index in [0.29, 0.717) is 0 Å². The summed E-state index contributed by atoms with van der Waals surface area (Å²) in [5.41, 5.74) is 2.49. The molecule has 0 radical (unpaired) electrons. The number of aryl methyl sites for hydroxylation is 1. The van der Waals surface area contributed by atoms with Crippen molar-refractivity contribution in [3.63, 3.8) is 0 Å². The molecule has 0 amide bonds. The molecule has 4 nitrogen and oxygen atoms in total. The second-order valence-electron chi connectivity index (χ2n) is 5.54. The molecule has 1 aromatic carbocycles. The summed E-state index contributed by atoms with van der Waals surface area (Å²) in [4.78, 5) is 4.93. The maximum Gasteiger partial charge on any atom is 0.121 e. The first-order valence-electron chi connectivity index (χ1n) is 7.94. The molecular formula is C17H28N2O2. The molecule has 1 aliphatic heterocycles. The van der Waals surface area contributed by atoms with Gasteiger partial charge in [-0.25, -0.2) is 0 Å². The van der Waals surface area contributed by atoms with Crippen LogP contribution in [-0.2, 0) is 4.74 Å². The summed E-state index contributed by atoms with van der Waals surface area (Å²) < 4.78 is 10.7. The van der Waals surface area contributed by atoms with Crippen molar-refractivity contribution in [2.24, 2.45) is 0 Å². The third-order valence-corrected chi connectivity index (χ3v) is 4.13. The van der Waals surface area contributed by atoms with Crippen molar-refractivity contribution in [1.29, 1.82) is 0 Å². The van der Waals surface area contributed by atoms with E-state index in [1.165, 1.54) is 17.7 Å². The number of hydrogen-bond acceptors (Lipinski definition) is 4. The topological polar surface area (TPSA) is 24.9 Å². The minimum Gasteiger partial charge on any atom is -0.496 e. The number of nitrogens with zero attached hydrogens (tertiary/aromatic N) is 2. The van der Waals surface area contributed by atoms with Crippen molar-refractivity contribution < 1.29 is 9.47 Å². The van der Waals surface area contributed by atoms with E-state index in [1.807, 2.05) is 0 Å². The van der Waals surface area contributed by atoms with Crippen molar-refractivity contribution in [3.05, 3.63) is 23.8 Å². The van der Waals surface area contributed by atoms with Gasteiger partial charge in [-0.05, 0) is 44.0 Å². The molecule has 1 aromatic rings. The van der Waals surface area contributed by atoms with Crippen molar-refractivity contribution in [2.45, 2.75) is 20.3 Å². The van der Waals surface area contributed by atoms with Gasteiger partial charge in [0.05, 0.1) is 20.3 Å². The van der Waals surface area contributed by atoms with Crippen molar-refractivity contribution >= 4 is 5.69 Å². The van der Waals surface area contributed by atoms with Gasteiger partial charge in [0.1, 0.15) is 5.75 Å². The highest BCUT2D eigenvalue weighted by Gasteiger charge is 2.11. The standard InChI is InChI=1S/C17H28N2O2/c1-4-19(9-5-8-18-10-12-21-13-11-18)16-6-7-17(20-3)15(2)14-16/h6-7,14H,4-5,8-13H2,1-3H3. The predicted octanol–water partition coefficient (Wildman–Crippen LogP) is 2.55. The van der Waals surface area contributed by atoms with Crippen molar-refractivity contribution in [2.75, 3.05) is 57.9 Å². The molecule has 118 valence electrons. The number of methoxy groups -OCH3 is 1. The second kappa shape index (κ2) is 8.25. The highest BCUT2D eigenvalue weighted by atomic mass is 16.5. The van der Waals surface area contributed by atoms with Gasteiger partial charge in [0.25, 0.3) is 0 Å². The Kier molecular flexibility index (Phi) is 6.33.